The van der Waals surface area contributed by atoms with Crippen LogP contribution in [0.15, 0.2) is 81.6 Å². The lowest BCUT2D eigenvalue weighted by atomic mass is 10.1. The minimum Gasteiger partial charge on any atom is -0.424 e. The maximum Gasteiger partial charge on any atom is 0.430 e. The number of carbonyl (C=O) groups is 1. The molecule has 3 rings (SSSR count). The van der Waals surface area contributed by atoms with E-state index in [1.165, 1.54) is 24.3 Å². The number of alkyl halides is 3. The first-order chi connectivity index (χ1) is 16.8. The topological polar surface area (TPSA) is 98.8 Å². The number of allylic oxidation sites excluding steroid dienone is 2. The summed E-state index contributed by atoms with van der Waals surface area (Å²) in [4.78, 5) is 16.9. The number of hydrogen-bond acceptors (Lipinski definition) is 7. The molecule has 0 unspecified atom stereocenters. The van der Waals surface area contributed by atoms with E-state index in [9.17, 15) is 26.4 Å². The molecule has 0 radical (unpaired) electrons. The maximum atomic E-state index is 13.3. The van der Waals surface area contributed by atoms with Crippen molar-refractivity contribution in [2.24, 2.45) is 16.6 Å². The summed E-state index contributed by atoms with van der Waals surface area (Å²) in [6.07, 6.45) is -2.98. The van der Waals surface area contributed by atoms with E-state index in [4.69, 9.17) is 10.5 Å². The second-order valence-electron chi connectivity index (χ2n) is 8.14. The molecular formula is C25H23F3N2O4S2. The number of nitrogens with two attached hydrogens (primary N) is 1. The van der Waals surface area contributed by atoms with Gasteiger partial charge in [0.1, 0.15) is 11.4 Å². The maximum absolute atomic E-state index is 13.3. The fourth-order valence-electron chi connectivity index (χ4n) is 2.91. The van der Waals surface area contributed by atoms with Crippen molar-refractivity contribution in [3.63, 3.8) is 0 Å². The van der Waals surface area contributed by atoms with Crippen LogP contribution in [-0.4, -0.2) is 32.5 Å². The summed E-state index contributed by atoms with van der Waals surface area (Å²) in [5.74, 6) is -0.858. The first-order valence-electron chi connectivity index (χ1n) is 10.6. The van der Waals surface area contributed by atoms with E-state index in [2.05, 4.69) is 4.99 Å². The number of benzene rings is 2. The average molecular weight is 537 g/mol. The van der Waals surface area contributed by atoms with Crippen LogP contribution in [0.2, 0.25) is 0 Å². The monoisotopic (exact) mass is 536 g/mol. The molecule has 2 N–H and O–H groups in total. The Hall–Kier alpha value is -3.44. The first kappa shape index (κ1) is 27.2. The molecule has 0 atom stereocenters. The smallest absolute Gasteiger partial charge is 0.424 e. The van der Waals surface area contributed by atoms with Crippen molar-refractivity contribution in [3.8, 4) is 16.9 Å². The SMILES string of the molecule is CC(C)C(=O)Oc1ccccc1N=C(C=C(N)C(F)(F)F)c1cc(-c2cccc(S(C)(=O)=O)c2)cs1. The highest BCUT2D eigenvalue weighted by Crippen LogP contribution is 2.33. The van der Waals surface area contributed by atoms with E-state index in [0.717, 1.165) is 17.6 Å². The van der Waals surface area contributed by atoms with Gasteiger partial charge in [0.05, 0.1) is 21.4 Å². The minimum atomic E-state index is -4.78. The van der Waals surface area contributed by atoms with Gasteiger partial charge in [-0.3, -0.25) is 4.79 Å². The molecule has 0 fully saturated rings. The van der Waals surface area contributed by atoms with Crippen molar-refractivity contribution in [1.82, 2.24) is 0 Å². The highest BCUT2D eigenvalue weighted by atomic mass is 32.2. The third-order valence-corrected chi connectivity index (χ3v) is 6.92. The van der Waals surface area contributed by atoms with E-state index >= 15 is 0 Å². The van der Waals surface area contributed by atoms with Gasteiger partial charge in [0.2, 0.25) is 0 Å². The van der Waals surface area contributed by atoms with Crippen LogP contribution in [0.25, 0.3) is 11.1 Å². The number of sulfone groups is 1. The van der Waals surface area contributed by atoms with E-state index in [1.807, 2.05) is 0 Å². The third-order valence-electron chi connectivity index (χ3n) is 4.86. The average Bonchev–Trinajstić information content (AvgIpc) is 3.29. The van der Waals surface area contributed by atoms with Crippen LogP contribution >= 0.6 is 11.3 Å². The number of rotatable bonds is 7. The summed E-state index contributed by atoms with van der Waals surface area (Å²) in [5, 5.41) is 1.68. The quantitative estimate of drug-likeness (QED) is 0.230. The number of carbonyl (C=O) groups excluding carboxylic acids is 1. The predicted molar refractivity (Wildman–Crippen MR) is 134 cm³/mol. The number of esters is 1. The zero-order chi connectivity index (χ0) is 26.7. The van der Waals surface area contributed by atoms with Crippen molar-refractivity contribution < 1.29 is 31.1 Å². The molecule has 1 heterocycles. The number of ether oxygens (including phenoxy) is 1. The lowest BCUT2D eigenvalue weighted by molar-refractivity contribution is -0.137. The molecule has 0 saturated carbocycles. The van der Waals surface area contributed by atoms with Gasteiger partial charge in [0.25, 0.3) is 0 Å². The van der Waals surface area contributed by atoms with Gasteiger partial charge in [-0.25, -0.2) is 13.4 Å². The Balaban J connectivity index is 2.12. The zero-order valence-electron chi connectivity index (χ0n) is 19.5. The second-order valence-corrected chi connectivity index (χ2v) is 11.1. The fraction of sp³-hybridized carbons (Fsp3) is 0.200. The molecule has 11 heteroatoms. The first-order valence-corrected chi connectivity index (χ1v) is 13.4. The number of para-hydroxylation sites is 2. The van der Waals surface area contributed by atoms with Crippen molar-refractivity contribution in [2.45, 2.75) is 24.9 Å². The number of nitrogens with zero attached hydrogens (tertiary/aromatic N) is 1. The molecule has 0 amide bonds. The van der Waals surface area contributed by atoms with Gasteiger partial charge in [-0.05, 0) is 52.9 Å². The van der Waals surface area contributed by atoms with Crippen molar-refractivity contribution in [2.75, 3.05) is 6.26 Å². The molecule has 6 nitrogen and oxygen atoms in total. The molecule has 36 heavy (non-hydrogen) atoms. The lowest BCUT2D eigenvalue weighted by Crippen LogP contribution is -2.20. The molecule has 0 saturated heterocycles. The van der Waals surface area contributed by atoms with Crippen LogP contribution in [0, 0.1) is 5.92 Å². The number of hydrogen-bond donors (Lipinski definition) is 1. The van der Waals surface area contributed by atoms with E-state index in [0.29, 0.717) is 22.1 Å². The van der Waals surface area contributed by atoms with Crippen molar-refractivity contribution in [1.29, 1.82) is 0 Å². The van der Waals surface area contributed by atoms with Gasteiger partial charge < -0.3 is 10.5 Å². The van der Waals surface area contributed by atoms with E-state index in [-0.39, 0.29) is 22.0 Å². The van der Waals surface area contributed by atoms with Crippen molar-refractivity contribution >= 4 is 38.5 Å². The standard InChI is InChI=1S/C25H23F3N2O4S2/c1-15(2)24(31)34-21-10-5-4-9-19(21)30-20(13-23(29)25(26,27)28)22-12-17(14-35-22)16-7-6-8-18(11-16)36(3,32)33/h4-15H,29H2,1-3H3. The molecule has 190 valence electrons. The van der Waals surface area contributed by atoms with Crippen LogP contribution in [0.5, 0.6) is 5.75 Å². The van der Waals surface area contributed by atoms with Crippen molar-refractivity contribution in [3.05, 3.63) is 76.6 Å². The van der Waals surface area contributed by atoms with Gasteiger partial charge in [0, 0.05) is 6.26 Å². The third kappa shape index (κ3) is 6.82. The molecule has 0 spiro atoms. The van der Waals surface area contributed by atoms with E-state index < -0.39 is 33.6 Å². The Bertz CT molecular complexity index is 1440. The van der Waals surface area contributed by atoms with E-state index in [1.54, 1.807) is 49.6 Å². The molecular weight excluding hydrogens is 513 g/mol. The van der Waals surface area contributed by atoms with Crippen LogP contribution in [0.3, 0.4) is 0 Å². The summed E-state index contributed by atoms with van der Waals surface area (Å²) in [7, 11) is -3.45. The van der Waals surface area contributed by atoms with Crippen LogP contribution in [0.1, 0.15) is 18.7 Å². The Morgan fingerprint density at radius 1 is 1.08 bits per heavy atom. The molecule has 0 aliphatic carbocycles. The minimum absolute atomic E-state index is 0.0883. The molecule has 3 aromatic rings. The molecule has 0 bridgehead atoms. The zero-order valence-corrected chi connectivity index (χ0v) is 21.2. The fourth-order valence-corrected chi connectivity index (χ4v) is 4.45. The lowest BCUT2D eigenvalue weighted by Gasteiger charge is -2.10. The van der Waals surface area contributed by atoms with Gasteiger partial charge in [-0.2, -0.15) is 13.2 Å². The highest BCUT2D eigenvalue weighted by Gasteiger charge is 2.32. The molecule has 1 aromatic heterocycles. The summed E-state index contributed by atoms with van der Waals surface area (Å²) in [6.45, 7) is 3.30. The molecule has 0 aliphatic heterocycles. The van der Waals surface area contributed by atoms with Crippen LogP contribution in [0.4, 0.5) is 18.9 Å². The predicted octanol–water partition coefficient (Wildman–Crippen LogP) is 5.91. The number of halogens is 3. The Labute approximate surface area is 210 Å². The summed E-state index contributed by atoms with van der Waals surface area (Å²) < 4.78 is 69.0. The number of aliphatic imine (C=N–C) groups is 1. The summed E-state index contributed by atoms with van der Waals surface area (Å²) in [6, 6.07) is 14.0. The Morgan fingerprint density at radius 3 is 2.42 bits per heavy atom. The summed E-state index contributed by atoms with van der Waals surface area (Å²) in [5.41, 5.74) is 5.13. The van der Waals surface area contributed by atoms with Gasteiger partial charge in [-0.15, -0.1) is 11.3 Å². The van der Waals surface area contributed by atoms with Crippen LogP contribution < -0.4 is 10.5 Å². The molecule has 0 aliphatic rings. The Morgan fingerprint density at radius 2 is 1.78 bits per heavy atom. The summed E-state index contributed by atoms with van der Waals surface area (Å²) >= 11 is 1.11. The molecule has 2 aromatic carbocycles. The largest absolute Gasteiger partial charge is 0.430 e. The van der Waals surface area contributed by atoms with Gasteiger partial charge >= 0.3 is 12.1 Å². The number of thiophene rings is 1. The Kier molecular flexibility index (Phi) is 8.05. The second kappa shape index (κ2) is 10.7. The highest BCUT2D eigenvalue weighted by molar-refractivity contribution is 7.90. The normalized spacial score (nSPS) is 13.2. The van der Waals surface area contributed by atoms with Crippen LogP contribution in [-0.2, 0) is 14.6 Å². The van der Waals surface area contributed by atoms with Gasteiger partial charge in [-0.1, -0.05) is 38.1 Å². The van der Waals surface area contributed by atoms with Gasteiger partial charge in [0.15, 0.2) is 15.6 Å².